The number of rotatable bonds is 1. The van der Waals surface area contributed by atoms with Gasteiger partial charge in [-0.25, -0.2) is 4.98 Å². The molecular weight excluding hydrogens is 212 g/mol. The van der Waals surface area contributed by atoms with Crippen LogP contribution >= 0.6 is 0 Å². The van der Waals surface area contributed by atoms with Gasteiger partial charge in [0.2, 0.25) is 0 Å². The smallest absolute Gasteiger partial charge is 0.159 e. The number of hydrogen-bond donors (Lipinski definition) is 1. The largest absolute Gasteiger partial charge is 0.347 e. The predicted octanol–water partition coefficient (Wildman–Crippen LogP) is 1.70. The van der Waals surface area contributed by atoms with E-state index in [0.717, 1.165) is 16.7 Å². The maximum Gasteiger partial charge on any atom is 0.159 e. The number of aromatic nitrogens is 1. The molecule has 1 aliphatic heterocycles. The van der Waals surface area contributed by atoms with Crippen molar-refractivity contribution in [3.8, 4) is 0 Å². The Hall–Kier alpha value is -2.07. The van der Waals surface area contributed by atoms with E-state index < -0.39 is 0 Å². The fourth-order valence-corrected chi connectivity index (χ4v) is 1.96. The topological polar surface area (TPSA) is 45.4 Å². The molecule has 0 fully saturated rings. The third kappa shape index (κ3) is 1.62. The maximum absolute atomic E-state index is 6.05. The lowest BCUT2D eigenvalue weighted by molar-refractivity contribution is 0.366. The summed E-state index contributed by atoms with van der Waals surface area (Å²) in [5, 5.41) is 1.14. The second-order valence-electron chi connectivity index (χ2n) is 4.15. The van der Waals surface area contributed by atoms with E-state index in [2.05, 4.69) is 17.1 Å². The Balaban J connectivity index is 2.04. The van der Waals surface area contributed by atoms with Gasteiger partial charge in [-0.15, -0.1) is 0 Å². The predicted molar refractivity (Wildman–Crippen MR) is 69.1 cm³/mol. The number of nitrogens with zero attached hydrogens (tertiary/aromatic N) is 3. The van der Waals surface area contributed by atoms with Crippen molar-refractivity contribution in [3.63, 3.8) is 0 Å². The normalized spacial score (nSPS) is 19.3. The summed E-state index contributed by atoms with van der Waals surface area (Å²) >= 11 is 0. The first-order chi connectivity index (χ1) is 8.25. The Labute approximate surface area is 100.0 Å². The van der Waals surface area contributed by atoms with Crippen molar-refractivity contribution in [3.05, 3.63) is 48.8 Å². The van der Waals surface area contributed by atoms with Crippen molar-refractivity contribution in [2.75, 3.05) is 11.9 Å². The number of para-hydroxylation sites is 1. The van der Waals surface area contributed by atoms with E-state index in [1.165, 1.54) is 0 Å². The van der Waals surface area contributed by atoms with E-state index in [0.29, 0.717) is 0 Å². The van der Waals surface area contributed by atoms with Gasteiger partial charge < -0.3 is 4.90 Å². The molecule has 86 valence electrons. The molecular formula is C13H14N4. The van der Waals surface area contributed by atoms with Crippen molar-refractivity contribution < 1.29 is 0 Å². The molecule has 0 saturated heterocycles. The second-order valence-corrected chi connectivity index (χ2v) is 4.15. The number of fused-ring (bicyclic) bond motifs is 1. The standard InChI is InChI=1S/C13H14N4/c1-16-8-9-17(13(16)14)12-7-6-10-4-2-3-5-11(10)15-12/h2-9,13H,14H2,1H3/t13-/m0/s1. The number of anilines is 1. The lowest BCUT2D eigenvalue weighted by Crippen LogP contribution is -2.44. The zero-order valence-electron chi connectivity index (χ0n) is 9.62. The van der Waals surface area contributed by atoms with Crippen molar-refractivity contribution in [1.82, 2.24) is 9.88 Å². The average molecular weight is 226 g/mol. The molecule has 0 spiro atoms. The molecule has 2 N–H and O–H groups in total. The van der Waals surface area contributed by atoms with Gasteiger partial charge in [0.1, 0.15) is 5.82 Å². The van der Waals surface area contributed by atoms with E-state index in [1.54, 1.807) is 0 Å². The van der Waals surface area contributed by atoms with Crippen LogP contribution in [0, 0.1) is 0 Å². The van der Waals surface area contributed by atoms with Crippen LogP contribution in [0.4, 0.5) is 5.82 Å². The summed E-state index contributed by atoms with van der Waals surface area (Å²) < 4.78 is 0. The summed E-state index contributed by atoms with van der Waals surface area (Å²) in [5.41, 5.74) is 7.03. The molecule has 1 aliphatic rings. The van der Waals surface area contributed by atoms with E-state index in [-0.39, 0.29) is 6.29 Å². The molecule has 1 atom stereocenters. The molecule has 1 aromatic carbocycles. The molecule has 0 amide bonds. The van der Waals surface area contributed by atoms with Gasteiger partial charge in [-0.1, -0.05) is 18.2 Å². The van der Waals surface area contributed by atoms with Crippen LogP contribution < -0.4 is 10.6 Å². The number of pyridine rings is 1. The van der Waals surface area contributed by atoms with Gasteiger partial charge in [-0.3, -0.25) is 10.6 Å². The first-order valence-corrected chi connectivity index (χ1v) is 5.56. The Bertz CT molecular complexity index is 578. The summed E-state index contributed by atoms with van der Waals surface area (Å²) in [6.45, 7) is 0. The van der Waals surface area contributed by atoms with Gasteiger partial charge in [-0.05, 0) is 18.2 Å². The third-order valence-corrected chi connectivity index (χ3v) is 3.01. The Morgan fingerprint density at radius 2 is 1.94 bits per heavy atom. The van der Waals surface area contributed by atoms with Crippen LogP contribution in [0.2, 0.25) is 0 Å². The molecule has 3 rings (SSSR count). The van der Waals surface area contributed by atoms with Crippen LogP contribution in [0.15, 0.2) is 48.8 Å². The summed E-state index contributed by atoms with van der Waals surface area (Å²) in [7, 11) is 1.95. The molecule has 2 heterocycles. The monoisotopic (exact) mass is 226 g/mol. The average Bonchev–Trinajstić information content (AvgIpc) is 2.70. The van der Waals surface area contributed by atoms with Gasteiger partial charge in [0.15, 0.2) is 6.29 Å². The van der Waals surface area contributed by atoms with Gasteiger partial charge in [0, 0.05) is 24.8 Å². The van der Waals surface area contributed by atoms with Crippen LogP contribution in [0.25, 0.3) is 10.9 Å². The Morgan fingerprint density at radius 3 is 2.71 bits per heavy atom. The van der Waals surface area contributed by atoms with E-state index in [4.69, 9.17) is 5.73 Å². The zero-order chi connectivity index (χ0) is 11.8. The molecule has 0 aliphatic carbocycles. The minimum atomic E-state index is -0.177. The van der Waals surface area contributed by atoms with Gasteiger partial charge >= 0.3 is 0 Å². The molecule has 0 unspecified atom stereocenters. The minimum Gasteiger partial charge on any atom is -0.347 e. The van der Waals surface area contributed by atoms with Gasteiger partial charge in [0.25, 0.3) is 0 Å². The Kier molecular flexibility index (Phi) is 2.23. The molecule has 4 nitrogen and oxygen atoms in total. The zero-order valence-corrected chi connectivity index (χ0v) is 9.62. The van der Waals surface area contributed by atoms with E-state index in [9.17, 15) is 0 Å². The third-order valence-electron chi connectivity index (χ3n) is 3.01. The summed E-state index contributed by atoms with van der Waals surface area (Å²) in [4.78, 5) is 8.50. The molecule has 1 aromatic heterocycles. The lowest BCUT2D eigenvalue weighted by atomic mass is 10.2. The maximum atomic E-state index is 6.05. The van der Waals surface area contributed by atoms with Crippen LogP contribution in [-0.4, -0.2) is 23.2 Å². The van der Waals surface area contributed by atoms with E-state index in [1.807, 2.05) is 53.5 Å². The van der Waals surface area contributed by atoms with Gasteiger partial charge in [-0.2, -0.15) is 0 Å². The summed E-state index contributed by atoms with van der Waals surface area (Å²) in [6, 6.07) is 12.1. The summed E-state index contributed by atoms with van der Waals surface area (Å²) in [5.74, 6) is 0.872. The molecule has 0 saturated carbocycles. The van der Waals surface area contributed by atoms with Crippen LogP contribution in [0.3, 0.4) is 0 Å². The quantitative estimate of drug-likeness (QED) is 0.804. The summed E-state index contributed by atoms with van der Waals surface area (Å²) in [6.07, 6.45) is 3.72. The highest BCUT2D eigenvalue weighted by atomic mass is 15.4. The fraction of sp³-hybridized carbons (Fsp3) is 0.154. The highest BCUT2D eigenvalue weighted by Crippen LogP contribution is 2.22. The SMILES string of the molecule is CN1C=CN(c2ccc3ccccc3n2)[C@H]1N. The van der Waals surface area contributed by atoms with Crippen molar-refractivity contribution in [2.45, 2.75) is 6.29 Å². The minimum absolute atomic E-state index is 0.177. The number of benzene rings is 1. The molecule has 4 heteroatoms. The highest BCUT2D eigenvalue weighted by molar-refractivity contribution is 5.80. The molecule has 17 heavy (non-hydrogen) atoms. The fourth-order valence-electron chi connectivity index (χ4n) is 1.96. The second kappa shape index (κ2) is 3.75. The Morgan fingerprint density at radius 1 is 1.12 bits per heavy atom. The molecule has 2 aromatic rings. The van der Waals surface area contributed by atoms with Crippen LogP contribution in [0.5, 0.6) is 0 Å². The molecule has 0 radical (unpaired) electrons. The first-order valence-electron chi connectivity index (χ1n) is 5.56. The lowest BCUT2D eigenvalue weighted by Gasteiger charge is -2.25. The highest BCUT2D eigenvalue weighted by Gasteiger charge is 2.21. The molecule has 0 bridgehead atoms. The van der Waals surface area contributed by atoms with Crippen molar-refractivity contribution >= 4 is 16.7 Å². The van der Waals surface area contributed by atoms with Crippen molar-refractivity contribution in [1.29, 1.82) is 0 Å². The van der Waals surface area contributed by atoms with Crippen LogP contribution in [-0.2, 0) is 0 Å². The van der Waals surface area contributed by atoms with E-state index >= 15 is 0 Å². The van der Waals surface area contributed by atoms with Crippen LogP contribution in [0.1, 0.15) is 0 Å². The number of hydrogen-bond acceptors (Lipinski definition) is 4. The first kappa shape index (κ1) is 10.1. The van der Waals surface area contributed by atoms with Crippen molar-refractivity contribution in [2.24, 2.45) is 5.73 Å². The number of nitrogens with two attached hydrogens (primary N) is 1. The van der Waals surface area contributed by atoms with Gasteiger partial charge in [0.05, 0.1) is 5.52 Å².